The number of carbonyl (C=O) groups is 3. The predicted molar refractivity (Wildman–Crippen MR) is 223 cm³/mol. The van der Waals surface area contributed by atoms with Crippen LogP contribution in [0.2, 0.25) is 0 Å². The molecule has 3 aliphatic carbocycles. The van der Waals surface area contributed by atoms with E-state index in [0.717, 1.165) is 4.88 Å². The van der Waals surface area contributed by atoms with Gasteiger partial charge in [0, 0.05) is 49.6 Å². The van der Waals surface area contributed by atoms with E-state index in [2.05, 4.69) is 91.5 Å². The topological polar surface area (TPSA) is 74.7 Å². The molecule has 0 bridgehead atoms. The number of carbonyl (C=O) groups excluding carboxylic acids is 2. The third-order valence-electron chi connectivity index (χ3n) is 12.6. The van der Waals surface area contributed by atoms with Crippen molar-refractivity contribution in [3.05, 3.63) is 147 Å². The van der Waals surface area contributed by atoms with Crippen LogP contribution in [-0.4, -0.2) is 28.7 Å². The summed E-state index contributed by atoms with van der Waals surface area (Å²) >= 11 is 1.68. The van der Waals surface area contributed by atoms with E-state index >= 15 is 0 Å². The number of hydrogen-bond donors (Lipinski definition) is 1. The Morgan fingerprint density at radius 3 is 2.40 bits per heavy atom. The average Bonchev–Trinajstić information content (AvgIpc) is 4.03. The molecular weight excluding hydrogens is 699 g/mol. The molecule has 5 aromatic rings. The number of carboxylic acid groups (broad SMARTS) is 1. The number of carboxylic acids is 1. The molecule has 4 aliphatic rings. The van der Waals surface area contributed by atoms with Crippen LogP contribution in [0.5, 0.6) is 0 Å². The minimum Gasteiger partial charge on any atom is -0.478 e. The van der Waals surface area contributed by atoms with E-state index in [-0.39, 0.29) is 33.5 Å². The molecule has 2 atom stereocenters. The molecule has 9 rings (SSSR count). The first-order chi connectivity index (χ1) is 26.8. The Balaban J connectivity index is 0.997. The highest BCUT2D eigenvalue weighted by Gasteiger charge is 2.45. The molecule has 2 heterocycles. The second-order valence-corrected chi connectivity index (χ2v) is 16.8. The third-order valence-corrected chi connectivity index (χ3v) is 13.7. The minimum atomic E-state index is -1.13. The number of allylic oxidation sites excluding steroid dienone is 3. The van der Waals surface area contributed by atoms with Gasteiger partial charge in [-0.2, -0.15) is 0 Å². The second kappa shape index (κ2) is 14.1. The Morgan fingerprint density at radius 1 is 0.818 bits per heavy atom. The van der Waals surface area contributed by atoms with Gasteiger partial charge in [0.15, 0.2) is 11.6 Å². The molecule has 276 valence electrons. The van der Waals surface area contributed by atoms with Gasteiger partial charge < -0.3 is 10.0 Å². The number of benzene rings is 4. The lowest BCUT2D eigenvalue weighted by Gasteiger charge is -2.33. The van der Waals surface area contributed by atoms with Gasteiger partial charge in [0.2, 0.25) is 0 Å². The Labute approximate surface area is 327 Å². The fourth-order valence-corrected chi connectivity index (χ4v) is 10.9. The molecule has 1 fully saturated rings. The van der Waals surface area contributed by atoms with Gasteiger partial charge in [-0.15, -0.1) is 11.3 Å². The zero-order valence-corrected chi connectivity index (χ0v) is 32.3. The van der Waals surface area contributed by atoms with Crippen LogP contribution in [0.3, 0.4) is 0 Å². The lowest BCUT2D eigenvalue weighted by molar-refractivity contribution is 0.0696. The van der Waals surface area contributed by atoms with Gasteiger partial charge in [0.05, 0.1) is 11.1 Å². The standard InChI is InChI=1S/C49H45NO4S/c1-3-5-25-49(26-6-4-2)41-15-8-7-12-34(41)38-29-32(19-22-42(38)49)50-43-16-10-13-35(43)39-27-30(18-23-44(39)50)45-24-20-33(55-45)11-9-14-37-46(51)36-21-17-31(48(53)54)28-40(36)47(37)52/h7-9,11-12,14-15,17-24,27-29,35,43H,3-6,10,13,16,25-26H2,1-2H3,(H,53,54)/b11-9+,37-14+. The molecule has 0 amide bonds. The van der Waals surface area contributed by atoms with Crippen LogP contribution in [0.4, 0.5) is 11.4 Å². The predicted octanol–water partition coefficient (Wildman–Crippen LogP) is 12.6. The summed E-state index contributed by atoms with van der Waals surface area (Å²) in [6, 6.07) is 32.4. The third kappa shape index (κ3) is 5.76. The van der Waals surface area contributed by atoms with Crippen molar-refractivity contribution < 1.29 is 19.5 Å². The van der Waals surface area contributed by atoms with Crippen LogP contribution in [0.1, 0.15) is 130 Å². The summed E-state index contributed by atoms with van der Waals surface area (Å²) in [6.07, 6.45) is 16.1. The van der Waals surface area contributed by atoms with Crippen molar-refractivity contribution in [2.75, 3.05) is 4.90 Å². The highest BCUT2D eigenvalue weighted by Crippen LogP contribution is 2.57. The number of aromatic carboxylic acids is 1. The van der Waals surface area contributed by atoms with Gasteiger partial charge in [-0.3, -0.25) is 9.59 Å². The zero-order valence-electron chi connectivity index (χ0n) is 31.4. The first-order valence-electron chi connectivity index (χ1n) is 20.0. The molecule has 0 spiro atoms. The van der Waals surface area contributed by atoms with Crippen LogP contribution >= 0.6 is 11.3 Å². The smallest absolute Gasteiger partial charge is 0.335 e. The fourth-order valence-electron chi connectivity index (χ4n) is 10.0. The first kappa shape index (κ1) is 35.4. The summed E-state index contributed by atoms with van der Waals surface area (Å²) in [5, 5.41) is 9.32. The Hall–Kier alpha value is -5.33. The second-order valence-electron chi connectivity index (χ2n) is 15.7. The highest BCUT2D eigenvalue weighted by molar-refractivity contribution is 7.16. The molecule has 5 nitrogen and oxygen atoms in total. The van der Waals surface area contributed by atoms with E-state index < -0.39 is 11.8 Å². The number of fused-ring (bicyclic) bond motifs is 7. The molecule has 6 heteroatoms. The summed E-state index contributed by atoms with van der Waals surface area (Å²) in [4.78, 5) is 42.1. The number of hydrogen-bond acceptors (Lipinski definition) is 5. The lowest BCUT2D eigenvalue weighted by Crippen LogP contribution is -2.27. The molecule has 55 heavy (non-hydrogen) atoms. The summed E-state index contributed by atoms with van der Waals surface area (Å²) in [6.45, 7) is 4.63. The number of Topliss-reactive ketones (excluding diaryl/α,β-unsaturated/α-hetero) is 2. The molecule has 1 N–H and O–H groups in total. The van der Waals surface area contributed by atoms with Crippen LogP contribution < -0.4 is 4.90 Å². The first-order valence-corrected chi connectivity index (χ1v) is 20.8. The molecule has 1 aromatic heterocycles. The maximum Gasteiger partial charge on any atom is 0.335 e. The Bertz CT molecular complexity index is 2440. The van der Waals surface area contributed by atoms with E-state index in [1.165, 1.54) is 126 Å². The summed E-state index contributed by atoms with van der Waals surface area (Å²) < 4.78 is 0. The maximum atomic E-state index is 13.0. The van der Waals surface area contributed by atoms with Crippen molar-refractivity contribution in [3.8, 4) is 21.6 Å². The van der Waals surface area contributed by atoms with Crippen LogP contribution in [0.25, 0.3) is 27.6 Å². The molecule has 1 saturated carbocycles. The number of ketones is 2. The molecule has 0 radical (unpaired) electrons. The molecule has 0 saturated heterocycles. The van der Waals surface area contributed by atoms with Gasteiger partial charge in [-0.1, -0.05) is 88.4 Å². The van der Waals surface area contributed by atoms with E-state index in [1.54, 1.807) is 23.5 Å². The molecule has 1 aliphatic heterocycles. The van der Waals surface area contributed by atoms with Gasteiger partial charge in [0.1, 0.15) is 0 Å². The molecule has 2 unspecified atom stereocenters. The number of unbranched alkanes of at least 4 members (excludes halogenated alkanes) is 2. The lowest BCUT2D eigenvalue weighted by atomic mass is 9.71. The van der Waals surface area contributed by atoms with Gasteiger partial charge in [-0.25, -0.2) is 4.79 Å². The largest absolute Gasteiger partial charge is 0.478 e. The fraction of sp³-hybridized carbons (Fsp3) is 0.286. The quantitative estimate of drug-likeness (QED) is 0.108. The normalized spacial score (nSPS) is 19.6. The van der Waals surface area contributed by atoms with Crippen molar-refractivity contribution in [2.24, 2.45) is 0 Å². The van der Waals surface area contributed by atoms with Gasteiger partial charge >= 0.3 is 5.97 Å². The van der Waals surface area contributed by atoms with Crippen molar-refractivity contribution in [2.45, 2.75) is 89.0 Å². The van der Waals surface area contributed by atoms with Crippen molar-refractivity contribution in [1.82, 2.24) is 0 Å². The van der Waals surface area contributed by atoms with Crippen molar-refractivity contribution >= 4 is 46.3 Å². The average molecular weight is 744 g/mol. The Morgan fingerprint density at radius 2 is 1.60 bits per heavy atom. The monoisotopic (exact) mass is 743 g/mol. The Kier molecular flexibility index (Phi) is 9.05. The number of rotatable bonds is 11. The maximum absolute atomic E-state index is 13.0. The molecular formula is C49H45NO4S. The minimum absolute atomic E-state index is 0.00795. The summed E-state index contributed by atoms with van der Waals surface area (Å²) in [7, 11) is 0. The zero-order chi connectivity index (χ0) is 37.8. The van der Waals surface area contributed by atoms with Gasteiger partial charge in [-0.05, 0) is 126 Å². The van der Waals surface area contributed by atoms with E-state index in [0.29, 0.717) is 12.0 Å². The van der Waals surface area contributed by atoms with E-state index in [4.69, 9.17) is 0 Å². The van der Waals surface area contributed by atoms with Crippen LogP contribution in [-0.2, 0) is 5.41 Å². The SMILES string of the molecule is CCCCC1(CCCC)c2ccccc2-c2cc(N3c4ccc(-c5ccc(/C=C/C=C6\C(=O)c7ccc(C(=O)O)cc7C6=O)s5)cc4C4CCCC43)ccc21. The van der Waals surface area contributed by atoms with E-state index in [9.17, 15) is 19.5 Å². The summed E-state index contributed by atoms with van der Waals surface area (Å²) in [5.41, 5.74) is 11.7. The number of anilines is 2. The van der Waals surface area contributed by atoms with Crippen molar-refractivity contribution in [3.63, 3.8) is 0 Å². The van der Waals surface area contributed by atoms with Crippen molar-refractivity contribution in [1.29, 1.82) is 0 Å². The van der Waals surface area contributed by atoms with Crippen LogP contribution in [0, 0.1) is 0 Å². The van der Waals surface area contributed by atoms with Crippen LogP contribution in [0.15, 0.2) is 109 Å². The number of thiophene rings is 1. The number of nitrogens with zero attached hydrogens (tertiary/aromatic N) is 1. The molecule has 4 aromatic carbocycles. The highest BCUT2D eigenvalue weighted by atomic mass is 32.1. The van der Waals surface area contributed by atoms with Gasteiger partial charge in [0.25, 0.3) is 0 Å². The summed E-state index contributed by atoms with van der Waals surface area (Å²) in [5.74, 6) is -1.43. The van der Waals surface area contributed by atoms with E-state index in [1.807, 2.05) is 6.08 Å².